The van der Waals surface area contributed by atoms with E-state index in [0.717, 1.165) is 54.7 Å². The van der Waals surface area contributed by atoms with E-state index in [1.165, 1.54) is 5.56 Å². The van der Waals surface area contributed by atoms with Crippen molar-refractivity contribution >= 4 is 17.3 Å². The van der Waals surface area contributed by atoms with Crippen LogP contribution in [0, 0.1) is 0 Å². The number of rotatable bonds is 6. The molecule has 1 aliphatic heterocycles. The van der Waals surface area contributed by atoms with Crippen molar-refractivity contribution in [1.29, 1.82) is 0 Å². The van der Waals surface area contributed by atoms with Crippen LogP contribution in [0.5, 0.6) is 11.5 Å². The molecule has 0 amide bonds. The van der Waals surface area contributed by atoms with Crippen LogP contribution in [-0.4, -0.2) is 38.3 Å². The van der Waals surface area contributed by atoms with Crippen molar-refractivity contribution in [1.82, 2.24) is 4.90 Å². The number of hydrogen-bond donors (Lipinski definition) is 1. The Kier molecular flexibility index (Phi) is 6.05. The Morgan fingerprint density at radius 1 is 1.08 bits per heavy atom. The van der Waals surface area contributed by atoms with E-state index in [1.807, 2.05) is 36.4 Å². The van der Waals surface area contributed by atoms with E-state index in [-0.39, 0.29) is 0 Å². The van der Waals surface area contributed by atoms with Gasteiger partial charge in [-0.05, 0) is 42.7 Å². The van der Waals surface area contributed by atoms with E-state index in [9.17, 15) is 0 Å². The van der Waals surface area contributed by atoms with Gasteiger partial charge >= 0.3 is 0 Å². The number of anilines is 1. The van der Waals surface area contributed by atoms with Gasteiger partial charge in [-0.1, -0.05) is 23.7 Å². The molecule has 134 valence electrons. The Bertz CT molecular complexity index is 700. The number of halogens is 1. The summed E-state index contributed by atoms with van der Waals surface area (Å²) in [5.41, 5.74) is 2.30. The molecule has 0 unspecified atom stereocenters. The normalized spacial score (nSPS) is 15.8. The number of methoxy groups -OCH3 is 2. The minimum absolute atomic E-state index is 0.456. The van der Waals surface area contributed by atoms with Crippen LogP contribution in [0.1, 0.15) is 18.4 Å². The Labute approximate surface area is 154 Å². The molecule has 0 aliphatic carbocycles. The molecule has 2 aromatic carbocycles. The lowest BCUT2D eigenvalue weighted by Crippen LogP contribution is -2.38. The number of nitrogens with one attached hydrogen (secondary N) is 1. The van der Waals surface area contributed by atoms with Gasteiger partial charge < -0.3 is 14.8 Å². The van der Waals surface area contributed by atoms with Crippen LogP contribution >= 0.6 is 11.6 Å². The quantitative estimate of drug-likeness (QED) is 0.826. The van der Waals surface area contributed by atoms with Crippen LogP contribution in [0.3, 0.4) is 0 Å². The maximum atomic E-state index is 6.08. The summed E-state index contributed by atoms with van der Waals surface area (Å²) in [6.45, 7) is 3.10. The van der Waals surface area contributed by atoms with Crippen molar-refractivity contribution in [2.75, 3.05) is 32.6 Å². The summed E-state index contributed by atoms with van der Waals surface area (Å²) in [7, 11) is 3.35. The van der Waals surface area contributed by atoms with Gasteiger partial charge in [0.1, 0.15) is 11.5 Å². The van der Waals surface area contributed by atoms with Crippen molar-refractivity contribution in [3.05, 3.63) is 53.1 Å². The van der Waals surface area contributed by atoms with Gasteiger partial charge in [0.25, 0.3) is 0 Å². The van der Waals surface area contributed by atoms with E-state index < -0.39 is 0 Å². The summed E-state index contributed by atoms with van der Waals surface area (Å²) in [6, 6.07) is 14.5. The zero-order valence-corrected chi connectivity index (χ0v) is 15.6. The molecule has 4 nitrogen and oxygen atoms in total. The smallest absolute Gasteiger partial charge is 0.145 e. The molecule has 1 fully saturated rings. The number of nitrogens with zero attached hydrogens (tertiary/aromatic N) is 1. The number of benzene rings is 2. The molecule has 0 saturated carbocycles. The molecule has 2 aromatic rings. The summed E-state index contributed by atoms with van der Waals surface area (Å²) < 4.78 is 10.7. The predicted octanol–water partition coefficient (Wildman–Crippen LogP) is 4.43. The van der Waals surface area contributed by atoms with E-state index >= 15 is 0 Å². The van der Waals surface area contributed by atoms with Gasteiger partial charge in [0.05, 0.1) is 19.9 Å². The third kappa shape index (κ3) is 4.80. The second kappa shape index (κ2) is 8.45. The molecular formula is C20H25ClN2O2. The fourth-order valence-electron chi connectivity index (χ4n) is 3.27. The zero-order valence-electron chi connectivity index (χ0n) is 14.8. The van der Waals surface area contributed by atoms with Crippen LogP contribution < -0.4 is 14.8 Å². The predicted molar refractivity (Wildman–Crippen MR) is 103 cm³/mol. The van der Waals surface area contributed by atoms with Gasteiger partial charge in [0.2, 0.25) is 0 Å². The molecule has 5 heteroatoms. The van der Waals surface area contributed by atoms with E-state index in [4.69, 9.17) is 21.1 Å². The Morgan fingerprint density at radius 3 is 2.56 bits per heavy atom. The van der Waals surface area contributed by atoms with Gasteiger partial charge in [-0.3, -0.25) is 4.90 Å². The largest absolute Gasteiger partial charge is 0.497 e. The van der Waals surface area contributed by atoms with Crippen molar-refractivity contribution in [2.24, 2.45) is 0 Å². The highest BCUT2D eigenvalue weighted by molar-refractivity contribution is 6.30. The molecule has 3 rings (SSSR count). The first-order valence-corrected chi connectivity index (χ1v) is 9.01. The average Bonchev–Trinajstić information content (AvgIpc) is 2.63. The van der Waals surface area contributed by atoms with Crippen LogP contribution in [0.15, 0.2) is 42.5 Å². The molecule has 25 heavy (non-hydrogen) atoms. The lowest BCUT2D eigenvalue weighted by atomic mass is 10.0. The summed E-state index contributed by atoms with van der Waals surface area (Å²) in [5, 5.41) is 4.42. The summed E-state index contributed by atoms with van der Waals surface area (Å²) in [6.07, 6.45) is 2.21. The first-order valence-electron chi connectivity index (χ1n) is 8.63. The molecule has 1 heterocycles. The Balaban J connectivity index is 1.54. The second-order valence-electron chi connectivity index (χ2n) is 6.39. The van der Waals surface area contributed by atoms with Crippen LogP contribution in [0.2, 0.25) is 5.02 Å². The van der Waals surface area contributed by atoms with Crippen molar-refractivity contribution < 1.29 is 9.47 Å². The van der Waals surface area contributed by atoms with E-state index in [2.05, 4.69) is 16.3 Å². The number of likely N-dealkylation sites (tertiary alicyclic amines) is 1. The average molecular weight is 361 g/mol. The molecule has 0 radical (unpaired) electrons. The topological polar surface area (TPSA) is 33.7 Å². The minimum atomic E-state index is 0.456. The van der Waals surface area contributed by atoms with Crippen LogP contribution in [0.25, 0.3) is 0 Å². The third-order valence-corrected chi connectivity index (χ3v) is 4.89. The highest BCUT2D eigenvalue weighted by atomic mass is 35.5. The first kappa shape index (κ1) is 17.9. The highest BCUT2D eigenvalue weighted by Crippen LogP contribution is 2.30. The van der Waals surface area contributed by atoms with Crippen molar-refractivity contribution in [3.63, 3.8) is 0 Å². The van der Waals surface area contributed by atoms with Crippen LogP contribution in [-0.2, 0) is 6.54 Å². The molecule has 0 aromatic heterocycles. The fourth-order valence-corrected chi connectivity index (χ4v) is 3.48. The minimum Gasteiger partial charge on any atom is -0.497 e. The molecule has 1 saturated heterocycles. The molecule has 0 spiro atoms. The third-order valence-electron chi connectivity index (χ3n) is 4.65. The monoisotopic (exact) mass is 360 g/mol. The maximum absolute atomic E-state index is 6.08. The maximum Gasteiger partial charge on any atom is 0.145 e. The van der Waals surface area contributed by atoms with Gasteiger partial charge in [0.15, 0.2) is 0 Å². The Morgan fingerprint density at radius 2 is 1.88 bits per heavy atom. The number of ether oxygens (including phenoxy) is 2. The lowest BCUT2D eigenvalue weighted by Gasteiger charge is -2.33. The van der Waals surface area contributed by atoms with Gasteiger partial charge in [0, 0.05) is 36.8 Å². The highest BCUT2D eigenvalue weighted by Gasteiger charge is 2.20. The Hall–Kier alpha value is -1.91. The zero-order chi connectivity index (χ0) is 17.6. The van der Waals surface area contributed by atoms with Crippen molar-refractivity contribution in [3.8, 4) is 11.5 Å². The molecular weight excluding hydrogens is 336 g/mol. The SMILES string of the molecule is COc1ccc(NC2CCN(Cc3cccc(Cl)c3)CC2)c(OC)c1. The summed E-state index contributed by atoms with van der Waals surface area (Å²) >= 11 is 6.08. The second-order valence-corrected chi connectivity index (χ2v) is 6.83. The van der Waals surface area contributed by atoms with E-state index in [0.29, 0.717) is 6.04 Å². The molecule has 0 bridgehead atoms. The first-order chi connectivity index (χ1) is 12.2. The molecule has 1 aliphatic rings. The number of piperidine rings is 1. The number of hydrogen-bond acceptors (Lipinski definition) is 4. The van der Waals surface area contributed by atoms with Crippen molar-refractivity contribution in [2.45, 2.75) is 25.4 Å². The molecule has 0 atom stereocenters. The standard InChI is InChI=1S/C20H25ClN2O2/c1-24-18-6-7-19(20(13-18)25-2)22-17-8-10-23(11-9-17)14-15-4-3-5-16(21)12-15/h3-7,12-13,17,22H,8-11,14H2,1-2H3. The van der Waals surface area contributed by atoms with E-state index in [1.54, 1.807) is 14.2 Å². The summed E-state index contributed by atoms with van der Waals surface area (Å²) in [4.78, 5) is 2.48. The van der Waals surface area contributed by atoms with Gasteiger partial charge in [-0.2, -0.15) is 0 Å². The van der Waals surface area contributed by atoms with Gasteiger partial charge in [-0.25, -0.2) is 0 Å². The van der Waals surface area contributed by atoms with Crippen LogP contribution in [0.4, 0.5) is 5.69 Å². The van der Waals surface area contributed by atoms with Gasteiger partial charge in [-0.15, -0.1) is 0 Å². The fraction of sp³-hybridized carbons (Fsp3) is 0.400. The lowest BCUT2D eigenvalue weighted by molar-refractivity contribution is 0.211. The summed E-state index contributed by atoms with van der Waals surface area (Å²) in [5.74, 6) is 1.62. The molecule has 1 N–H and O–H groups in total.